The molecule has 0 N–H and O–H groups in total. The van der Waals surface area contributed by atoms with Crippen molar-refractivity contribution in [3.8, 4) is 0 Å². The number of hydrogen-bond donors (Lipinski definition) is 0. The van der Waals surface area contributed by atoms with Gasteiger partial charge < -0.3 is 4.90 Å². The molecule has 6 nitrogen and oxygen atoms in total. The number of likely N-dealkylation sites (tertiary alicyclic amines) is 1. The third-order valence-corrected chi connectivity index (χ3v) is 4.33. The highest BCUT2D eigenvalue weighted by Gasteiger charge is 2.29. The van der Waals surface area contributed by atoms with Crippen LogP contribution in [0, 0.1) is 18.8 Å². The summed E-state index contributed by atoms with van der Waals surface area (Å²) in [7, 11) is 0. The zero-order valence-corrected chi connectivity index (χ0v) is 14.4. The van der Waals surface area contributed by atoms with Crippen LogP contribution in [0.2, 0.25) is 0 Å². The largest absolute Gasteiger partial charge is 0.337 e. The van der Waals surface area contributed by atoms with Gasteiger partial charge in [-0.2, -0.15) is 4.68 Å². The van der Waals surface area contributed by atoms with Crippen LogP contribution in [0.4, 0.5) is 0 Å². The van der Waals surface area contributed by atoms with E-state index in [1.807, 2.05) is 41.3 Å². The predicted octanol–water partition coefficient (Wildman–Crippen LogP) is 2.48. The minimum atomic E-state index is -0.0207. The molecule has 1 aliphatic rings. The van der Waals surface area contributed by atoms with Crippen molar-refractivity contribution in [3.63, 3.8) is 0 Å². The molecule has 126 valence electrons. The number of aryl methyl sites for hydroxylation is 1. The second-order valence-corrected chi connectivity index (χ2v) is 6.73. The summed E-state index contributed by atoms with van der Waals surface area (Å²) in [4.78, 5) is 15.1. The highest BCUT2D eigenvalue weighted by atomic mass is 16.2. The standard InChI is InChI=1S/C18H23N5O/c1-13-9-14(2)12-22(11-13)18(24)17(23-15(3)19-20-21-23)10-16-7-5-4-6-8-16/h4-8,10,13-14H,9,11-12H2,1-3H3. The lowest BCUT2D eigenvalue weighted by molar-refractivity contribution is -0.128. The van der Waals surface area contributed by atoms with E-state index >= 15 is 0 Å². The molecule has 3 rings (SSSR count). The average molecular weight is 325 g/mol. The molecule has 1 aromatic carbocycles. The van der Waals surface area contributed by atoms with Crippen LogP contribution in [-0.4, -0.2) is 44.1 Å². The molecule has 2 atom stereocenters. The van der Waals surface area contributed by atoms with Gasteiger partial charge in [0.05, 0.1) is 0 Å². The summed E-state index contributed by atoms with van der Waals surface area (Å²) >= 11 is 0. The van der Waals surface area contributed by atoms with Gasteiger partial charge >= 0.3 is 0 Å². The molecular formula is C18H23N5O. The number of aromatic nitrogens is 4. The van der Waals surface area contributed by atoms with Gasteiger partial charge in [0.1, 0.15) is 5.70 Å². The highest BCUT2D eigenvalue weighted by molar-refractivity contribution is 6.18. The topological polar surface area (TPSA) is 63.9 Å². The molecule has 2 heterocycles. The van der Waals surface area contributed by atoms with Crippen LogP contribution in [0.25, 0.3) is 11.8 Å². The lowest BCUT2D eigenvalue weighted by Gasteiger charge is -2.35. The Bertz CT molecular complexity index is 727. The smallest absolute Gasteiger partial charge is 0.272 e. The Balaban J connectivity index is 1.97. The monoisotopic (exact) mass is 325 g/mol. The molecule has 1 aliphatic heterocycles. The van der Waals surface area contributed by atoms with Crippen molar-refractivity contribution >= 4 is 17.7 Å². The fraction of sp³-hybridized carbons (Fsp3) is 0.444. The summed E-state index contributed by atoms with van der Waals surface area (Å²) < 4.78 is 1.53. The van der Waals surface area contributed by atoms with Gasteiger partial charge in [0.2, 0.25) is 0 Å². The molecule has 1 amide bonds. The van der Waals surface area contributed by atoms with E-state index in [2.05, 4.69) is 29.4 Å². The van der Waals surface area contributed by atoms with Crippen LogP contribution in [0.1, 0.15) is 31.7 Å². The molecule has 24 heavy (non-hydrogen) atoms. The van der Waals surface area contributed by atoms with E-state index in [1.54, 1.807) is 6.92 Å². The molecule has 0 radical (unpaired) electrons. The van der Waals surface area contributed by atoms with Gasteiger partial charge in [0.25, 0.3) is 5.91 Å². The Morgan fingerprint density at radius 3 is 2.42 bits per heavy atom. The second-order valence-electron chi connectivity index (χ2n) is 6.73. The number of tetrazole rings is 1. The van der Waals surface area contributed by atoms with Crippen LogP contribution in [-0.2, 0) is 4.79 Å². The van der Waals surface area contributed by atoms with Crippen LogP contribution in [0.3, 0.4) is 0 Å². The van der Waals surface area contributed by atoms with Crippen LogP contribution in [0.15, 0.2) is 30.3 Å². The van der Waals surface area contributed by atoms with Crippen molar-refractivity contribution in [2.45, 2.75) is 27.2 Å². The highest BCUT2D eigenvalue weighted by Crippen LogP contribution is 2.24. The summed E-state index contributed by atoms with van der Waals surface area (Å²) in [5.74, 6) is 1.59. The quantitative estimate of drug-likeness (QED) is 0.813. The molecule has 1 fully saturated rings. The fourth-order valence-corrected chi connectivity index (χ4v) is 3.37. The number of rotatable bonds is 3. The minimum absolute atomic E-state index is 0.0207. The number of amides is 1. The number of piperidine rings is 1. The molecule has 0 bridgehead atoms. The van der Waals surface area contributed by atoms with E-state index in [4.69, 9.17) is 0 Å². The first kappa shape index (κ1) is 16.4. The zero-order valence-electron chi connectivity index (χ0n) is 14.4. The van der Waals surface area contributed by atoms with E-state index < -0.39 is 0 Å². The fourth-order valence-electron chi connectivity index (χ4n) is 3.37. The van der Waals surface area contributed by atoms with Gasteiger partial charge in [-0.3, -0.25) is 4.79 Å². The van der Waals surface area contributed by atoms with Gasteiger partial charge in [0.15, 0.2) is 5.82 Å². The molecule has 0 saturated carbocycles. The molecule has 0 spiro atoms. The third kappa shape index (κ3) is 3.53. The maximum Gasteiger partial charge on any atom is 0.272 e. The Kier molecular flexibility index (Phi) is 4.74. The first-order valence-corrected chi connectivity index (χ1v) is 8.36. The molecule has 2 aromatic rings. The van der Waals surface area contributed by atoms with Crippen molar-refractivity contribution in [2.24, 2.45) is 11.8 Å². The maximum absolute atomic E-state index is 13.2. The summed E-state index contributed by atoms with van der Waals surface area (Å²) in [6, 6.07) is 9.79. The average Bonchev–Trinajstić information content (AvgIpc) is 2.98. The summed E-state index contributed by atoms with van der Waals surface area (Å²) in [6.07, 6.45) is 3.01. The van der Waals surface area contributed by atoms with Gasteiger partial charge in [-0.25, -0.2) is 0 Å². The Hall–Kier alpha value is -2.50. The van der Waals surface area contributed by atoms with Crippen molar-refractivity contribution in [1.82, 2.24) is 25.1 Å². The minimum Gasteiger partial charge on any atom is -0.337 e. The molecule has 6 heteroatoms. The lowest BCUT2D eigenvalue weighted by atomic mass is 9.91. The van der Waals surface area contributed by atoms with Crippen molar-refractivity contribution < 1.29 is 4.79 Å². The third-order valence-electron chi connectivity index (χ3n) is 4.33. The zero-order chi connectivity index (χ0) is 17.1. The SMILES string of the molecule is Cc1nnnn1C(=Cc1ccccc1)C(=O)N1CC(C)CC(C)C1. The van der Waals surface area contributed by atoms with E-state index in [0.717, 1.165) is 25.1 Å². The van der Waals surface area contributed by atoms with Crippen molar-refractivity contribution in [1.29, 1.82) is 0 Å². The van der Waals surface area contributed by atoms with Gasteiger partial charge in [-0.1, -0.05) is 44.2 Å². The summed E-state index contributed by atoms with van der Waals surface area (Å²) in [6.45, 7) is 7.73. The van der Waals surface area contributed by atoms with Gasteiger partial charge in [-0.15, -0.1) is 5.10 Å². The lowest BCUT2D eigenvalue weighted by Crippen LogP contribution is -2.43. The van der Waals surface area contributed by atoms with Crippen molar-refractivity contribution in [2.75, 3.05) is 13.1 Å². The number of nitrogens with zero attached hydrogens (tertiary/aromatic N) is 5. The predicted molar refractivity (Wildman–Crippen MR) is 92.7 cm³/mol. The normalized spacial score (nSPS) is 21.8. The molecular weight excluding hydrogens is 302 g/mol. The Morgan fingerprint density at radius 2 is 1.83 bits per heavy atom. The number of hydrogen-bond acceptors (Lipinski definition) is 4. The first-order valence-electron chi connectivity index (χ1n) is 8.36. The Morgan fingerprint density at radius 1 is 1.17 bits per heavy atom. The maximum atomic E-state index is 13.2. The summed E-state index contributed by atoms with van der Waals surface area (Å²) in [5.41, 5.74) is 1.44. The van der Waals surface area contributed by atoms with E-state index in [-0.39, 0.29) is 5.91 Å². The van der Waals surface area contributed by atoms with Crippen LogP contribution < -0.4 is 0 Å². The Labute approximate surface area is 142 Å². The van der Waals surface area contributed by atoms with Gasteiger partial charge in [0, 0.05) is 13.1 Å². The van der Waals surface area contributed by atoms with Crippen molar-refractivity contribution in [3.05, 3.63) is 41.7 Å². The van der Waals surface area contributed by atoms with E-state index in [9.17, 15) is 4.79 Å². The molecule has 1 saturated heterocycles. The molecule has 2 unspecified atom stereocenters. The van der Waals surface area contributed by atoms with Crippen LogP contribution >= 0.6 is 0 Å². The summed E-state index contributed by atoms with van der Waals surface area (Å²) in [5, 5.41) is 11.6. The number of benzene rings is 1. The van der Waals surface area contributed by atoms with E-state index in [0.29, 0.717) is 23.4 Å². The van der Waals surface area contributed by atoms with E-state index in [1.165, 1.54) is 4.68 Å². The molecule has 1 aromatic heterocycles. The second kappa shape index (κ2) is 6.95. The van der Waals surface area contributed by atoms with Gasteiger partial charge in [-0.05, 0) is 47.2 Å². The molecule has 0 aliphatic carbocycles. The van der Waals surface area contributed by atoms with Crippen LogP contribution in [0.5, 0.6) is 0 Å². The first-order chi connectivity index (χ1) is 11.5. The number of carbonyl (C=O) groups excluding carboxylic acids is 1. The number of carbonyl (C=O) groups is 1.